The molecular weight excluding hydrogens is 228 g/mol. The Morgan fingerprint density at radius 2 is 2.17 bits per heavy atom. The van der Waals surface area contributed by atoms with Crippen molar-refractivity contribution >= 4 is 22.7 Å². The predicted octanol–water partition coefficient (Wildman–Crippen LogP) is 1.86. The molecule has 0 saturated heterocycles. The molecule has 5 heteroatoms. The lowest BCUT2D eigenvalue weighted by Gasteiger charge is -2.27. The van der Waals surface area contributed by atoms with E-state index in [9.17, 15) is 5.11 Å². The lowest BCUT2D eigenvalue weighted by atomic mass is 9.99. The van der Waals surface area contributed by atoms with E-state index in [4.69, 9.17) is 5.73 Å². The molecule has 5 nitrogen and oxygen atoms in total. The minimum Gasteiger partial charge on any atom is -0.399 e. The summed E-state index contributed by atoms with van der Waals surface area (Å²) in [6.45, 7) is 0.145. The average molecular weight is 246 g/mol. The van der Waals surface area contributed by atoms with E-state index in [-0.39, 0.29) is 12.1 Å². The molecule has 1 heterocycles. The monoisotopic (exact) mass is 246 g/mol. The Hall–Kier alpha value is -1.75. The summed E-state index contributed by atoms with van der Waals surface area (Å²) in [5.41, 5.74) is 8.06. The smallest absolute Gasteiger partial charge is 0.201 e. The van der Waals surface area contributed by atoms with E-state index in [1.165, 1.54) is 0 Å². The van der Waals surface area contributed by atoms with Gasteiger partial charge in [-0.2, -0.15) is 0 Å². The number of hydrogen-bond donors (Lipinski definition) is 4. The highest BCUT2D eigenvalue weighted by Crippen LogP contribution is 2.32. The summed E-state index contributed by atoms with van der Waals surface area (Å²) in [6, 6.07) is 5.60. The quantitative estimate of drug-likeness (QED) is 0.623. The number of hydrogen-bond acceptors (Lipinski definition) is 4. The van der Waals surface area contributed by atoms with Crippen molar-refractivity contribution in [1.29, 1.82) is 0 Å². The van der Waals surface area contributed by atoms with Gasteiger partial charge in [-0.3, -0.25) is 0 Å². The van der Waals surface area contributed by atoms with Gasteiger partial charge in [0.05, 0.1) is 23.2 Å². The summed E-state index contributed by atoms with van der Waals surface area (Å²) in [5.74, 6) is 0.714. The third-order valence-corrected chi connectivity index (χ3v) is 3.75. The molecule has 1 aromatic carbocycles. The van der Waals surface area contributed by atoms with Crippen molar-refractivity contribution in [2.24, 2.45) is 0 Å². The molecule has 5 N–H and O–H groups in total. The number of benzene rings is 1. The van der Waals surface area contributed by atoms with Crippen LogP contribution in [0.4, 0.5) is 11.6 Å². The summed E-state index contributed by atoms with van der Waals surface area (Å²) in [5, 5.41) is 12.9. The third-order valence-electron chi connectivity index (χ3n) is 3.75. The highest BCUT2D eigenvalue weighted by Gasteiger charge is 2.33. The SMILES string of the molecule is Nc1ccc2nc(NC3(CO)CCCC3)[nH]c2c1. The zero-order valence-electron chi connectivity index (χ0n) is 10.2. The number of nitrogens with two attached hydrogens (primary N) is 1. The normalized spacial score (nSPS) is 18.3. The van der Waals surface area contributed by atoms with Crippen molar-refractivity contribution in [3.05, 3.63) is 18.2 Å². The molecule has 18 heavy (non-hydrogen) atoms. The number of aliphatic hydroxyl groups excluding tert-OH is 1. The Balaban J connectivity index is 1.90. The highest BCUT2D eigenvalue weighted by atomic mass is 16.3. The molecule has 3 rings (SSSR count). The predicted molar refractivity (Wildman–Crippen MR) is 72.4 cm³/mol. The first-order chi connectivity index (χ1) is 8.71. The lowest BCUT2D eigenvalue weighted by molar-refractivity contribution is 0.213. The number of nitrogens with zero attached hydrogens (tertiary/aromatic N) is 1. The Morgan fingerprint density at radius 1 is 1.39 bits per heavy atom. The first-order valence-corrected chi connectivity index (χ1v) is 6.35. The van der Waals surface area contributed by atoms with Gasteiger partial charge in [-0.1, -0.05) is 12.8 Å². The Kier molecular flexibility index (Phi) is 2.63. The largest absolute Gasteiger partial charge is 0.399 e. The lowest BCUT2D eigenvalue weighted by Crippen LogP contribution is -2.39. The minimum absolute atomic E-state index is 0.145. The van der Waals surface area contributed by atoms with E-state index in [1.54, 1.807) is 0 Å². The maximum Gasteiger partial charge on any atom is 0.201 e. The van der Waals surface area contributed by atoms with Crippen LogP contribution in [0.25, 0.3) is 11.0 Å². The maximum absolute atomic E-state index is 9.57. The standard InChI is InChI=1S/C13H18N4O/c14-9-3-4-10-11(7-9)16-12(15-10)17-13(8-18)5-1-2-6-13/h3-4,7,18H,1-2,5-6,8,14H2,(H2,15,16,17). The second-order valence-electron chi connectivity index (χ2n) is 5.13. The Bertz CT molecular complexity index is 557. The number of fused-ring (bicyclic) bond motifs is 1. The van der Waals surface area contributed by atoms with Gasteiger partial charge in [0.25, 0.3) is 0 Å². The van der Waals surface area contributed by atoms with Crippen molar-refractivity contribution in [2.45, 2.75) is 31.2 Å². The van der Waals surface area contributed by atoms with E-state index in [0.717, 1.165) is 42.4 Å². The van der Waals surface area contributed by atoms with Crippen LogP contribution in [0, 0.1) is 0 Å². The van der Waals surface area contributed by atoms with Crippen LogP contribution >= 0.6 is 0 Å². The van der Waals surface area contributed by atoms with E-state index >= 15 is 0 Å². The van der Waals surface area contributed by atoms with Crippen molar-refractivity contribution in [3.8, 4) is 0 Å². The number of aromatic amines is 1. The zero-order valence-corrected chi connectivity index (χ0v) is 10.2. The topological polar surface area (TPSA) is 87.0 Å². The van der Waals surface area contributed by atoms with Crippen LogP contribution in [0.1, 0.15) is 25.7 Å². The van der Waals surface area contributed by atoms with E-state index in [2.05, 4.69) is 15.3 Å². The molecule has 0 aliphatic heterocycles. The Labute approximate surface area is 105 Å². The first kappa shape index (κ1) is 11.3. The molecule has 96 valence electrons. The van der Waals surface area contributed by atoms with Crippen LogP contribution in [0.5, 0.6) is 0 Å². The number of H-pyrrole nitrogens is 1. The molecule has 0 bridgehead atoms. The summed E-state index contributed by atoms with van der Waals surface area (Å²) >= 11 is 0. The van der Waals surface area contributed by atoms with E-state index in [1.807, 2.05) is 18.2 Å². The highest BCUT2D eigenvalue weighted by molar-refractivity contribution is 5.80. The first-order valence-electron chi connectivity index (χ1n) is 6.35. The molecule has 1 fully saturated rings. The maximum atomic E-state index is 9.57. The molecule has 1 aliphatic rings. The van der Waals surface area contributed by atoms with Crippen LogP contribution in [-0.4, -0.2) is 27.2 Å². The number of imidazole rings is 1. The van der Waals surface area contributed by atoms with Crippen molar-refractivity contribution in [3.63, 3.8) is 0 Å². The summed E-state index contributed by atoms with van der Waals surface area (Å²) in [4.78, 5) is 7.69. The van der Waals surface area contributed by atoms with Crippen LogP contribution in [0.2, 0.25) is 0 Å². The molecule has 1 saturated carbocycles. The molecule has 0 unspecified atom stereocenters. The van der Waals surface area contributed by atoms with Crippen LogP contribution in [0.15, 0.2) is 18.2 Å². The van der Waals surface area contributed by atoms with Crippen LogP contribution in [-0.2, 0) is 0 Å². The minimum atomic E-state index is -0.209. The molecule has 0 radical (unpaired) electrons. The van der Waals surface area contributed by atoms with Crippen molar-refractivity contribution in [1.82, 2.24) is 9.97 Å². The third kappa shape index (κ3) is 1.90. The fraction of sp³-hybridized carbons (Fsp3) is 0.462. The van der Waals surface area contributed by atoms with Gasteiger partial charge in [-0.15, -0.1) is 0 Å². The van der Waals surface area contributed by atoms with Gasteiger partial charge in [0.1, 0.15) is 0 Å². The number of aromatic nitrogens is 2. The summed E-state index contributed by atoms with van der Waals surface area (Å²) in [6.07, 6.45) is 4.28. The van der Waals surface area contributed by atoms with Gasteiger partial charge >= 0.3 is 0 Å². The number of rotatable bonds is 3. The molecule has 2 aromatic rings. The van der Waals surface area contributed by atoms with Gasteiger partial charge in [0, 0.05) is 5.69 Å². The van der Waals surface area contributed by atoms with Crippen LogP contribution < -0.4 is 11.1 Å². The number of nitrogens with one attached hydrogen (secondary N) is 2. The molecule has 1 aliphatic carbocycles. The average Bonchev–Trinajstić information content (AvgIpc) is 2.96. The zero-order chi connectivity index (χ0) is 12.6. The fourth-order valence-electron chi connectivity index (χ4n) is 2.71. The van der Waals surface area contributed by atoms with Gasteiger partial charge < -0.3 is 21.1 Å². The molecular formula is C13H18N4O. The van der Waals surface area contributed by atoms with Gasteiger partial charge in [-0.25, -0.2) is 4.98 Å². The number of aliphatic hydroxyl groups is 1. The van der Waals surface area contributed by atoms with Crippen molar-refractivity contribution in [2.75, 3.05) is 17.7 Å². The van der Waals surface area contributed by atoms with Gasteiger partial charge in [0.2, 0.25) is 5.95 Å². The van der Waals surface area contributed by atoms with Gasteiger partial charge in [-0.05, 0) is 31.0 Å². The second kappa shape index (κ2) is 4.17. The number of nitrogen functional groups attached to an aromatic ring is 1. The summed E-state index contributed by atoms with van der Waals surface area (Å²) in [7, 11) is 0. The van der Waals surface area contributed by atoms with E-state index < -0.39 is 0 Å². The molecule has 1 aromatic heterocycles. The van der Waals surface area contributed by atoms with Crippen molar-refractivity contribution < 1.29 is 5.11 Å². The van der Waals surface area contributed by atoms with E-state index in [0.29, 0.717) is 5.95 Å². The summed E-state index contributed by atoms with van der Waals surface area (Å²) < 4.78 is 0. The number of anilines is 2. The van der Waals surface area contributed by atoms with Gasteiger partial charge in [0.15, 0.2) is 0 Å². The molecule has 0 spiro atoms. The van der Waals surface area contributed by atoms with Crippen LogP contribution in [0.3, 0.4) is 0 Å². The fourth-order valence-corrected chi connectivity index (χ4v) is 2.71. The Morgan fingerprint density at radius 3 is 2.89 bits per heavy atom. The molecule has 0 amide bonds. The molecule has 0 atom stereocenters. The second-order valence-corrected chi connectivity index (χ2v) is 5.13.